The first-order valence-corrected chi connectivity index (χ1v) is 7.89. The fourth-order valence-corrected chi connectivity index (χ4v) is 3.12. The zero-order valence-electron chi connectivity index (χ0n) is 11.4. The van der Waals surface area contributed by atoms with Crippen molar-refractivity contribution in [3.8, 4) is 5.75 Å². The predicted octanol–water partition coefficient (Wildman–Crippen LogP) is 2.85. The lowest BCUT2D eigenvalue weighted by molar-refractivity contribution is 0.0697. The van der Waals surface area contributed by atoms with Gasteiger partial charge in [-0.15, -0.1) is 0 Å². The summed E-state index contributed by atoms with van der Waals surface area (Å²) in [5, 5.41) is 8.97. The standard InChI is InChI=1S/C14H12ClNO5S/c1-21-13-7-6-11(8-12(13)15)22(19,20)16-10-4-2-9(3-5-10)14(17)18/h2-8,16H,1H3,(H,17,18). The van der Waals surface area contributed by atoms with Crippen LogP contribution in [0, 0.1) is 0 Å². The summed E-state index contributed by atoms with van der Waals surface area (Å²) in [6.45, 7) is 0. The van der Waals surface area contributed by atoms with Crippen LogP contribution in [-0.4, -0.2) is 26.6 Å². The Morgan fingerprint density at radius 3 is 2.32 bits per heavy atom. The number of aromatic carboxylic acids is 1. The molecule has 0 aromatic heterocycles. The largest absolute Gasteiger partial charge is 0.495 e. The molecule has 0 aliphatic heterocycles. The quantitative estimate of drug-likeness (QED) is 0.872. The van der Waals surface area contributed by atoms with Gasteiger partial charge in [0.25, 0.3) is 10.0 Å². The first-order chi connectivity index (χ1) is 10.3. The molecule has 0 atom stereocenters. The Hall–Kier alpha value is -2.25. The van der Waals surface area contributed by atoms with E-state index in [9.17, 15) is 13.2 Å². The van der Waals surface area contributed by atoms with Crippen molar-refractivity contribution in [1.82, 2.24) is 0 Å². The molecule has 2 aromatic carbocycles. The first kappa shape index (κ1) is 16.1. The van der Waals surface area contributed by atoms with Crippen molar-refractivity contribution < 1.29 is 23.1 Å². The number of hydrogen-bond donors (Lipinski definition) is 2. The van der Waals surface area contributed by atoms with Crippen LogP contribution < -0.4 is 9.46 Å². The Labute approximate surface area is 132 Å². The average molecular weight is 342 g/mol. The van der Waals surface area contributed by atoms with Crippen molar-refractivity contribution in [3.05, 3.63) is 53.1 Å². The molecule has 0 spiro atoms. The summed E-state index contributed by atoms with van der Waals surface area (Å²) in [6, 6.07) is 9.43. The van der Waals surface area contributed by atoms with Crippen molar-refractivity contribution in [1.29, 1.82) is 0 Å². The Morgan fingerprint density at radius 1 is 1.18 bits per heavy atom. The highest BCUT2D eigenvalue weighted by atomic mass is 35.5. The molecule has 0 aliphatic rings. The molecule has 0 radical (unpaired) electrons. The highest BCUT2D eigenvalue weighted by Crippen LogP contribution is 2.27. The third-order valence-corrected chi connectivity index (χ3v) is 4.49. The van der Waals surface area contributed by atoms with Gasteiger partial charge in [-0.3, -0.25) is 4.72 Å². The smallest absolute Gasteiger partial charge is 0.335 e. The van der Waals surface area contributed by atoms with E-state index in [1.807, 2.05) is 0 Å². The molecule has 6 nitrogen and oxygen atoms in total. The van der Waals surface area contributed by atoms with E-state index in [4.69, 9.17) is 21.4 Å². The average Bonchev–Trinajstić information content (AvgIpc) is 2.47. The van der Waals surface area contributed by atoms with Crippen LogP contribution in [0.3, 0.4) is 0 Å². The number of benzene rings is 2. The molecule has 0 fully saturated rings. The number of hydrogen-bond acceptors (Lipinski definition) is 4. The summed E-state index contributed by atoms with van der Waals surface area (Å²) in [5.74, 6) is -0.720. The lowest BCUT2D eigenvalue weighted by atomic mass is 10.2. The molecule has 22 heavy (non-hydrogen) atoms. The molecule has 0 saturated heterocycles. The van der Waals surface area contributed by atoms with E-state index in [-0.39, 0.29) is 21.2 Å². The number of halogens is 1. The number of ether oxygens (including phenoxy) is 1. The number of anilines is 1. The highest BCUT2D eigenvalue weighted by molar-refractivity contribution is 7.92. The van der Waals surface area contributed by atoms with Crippen LogP contribution in [0.15, 0.2) is 47.4 Å². The molecule has 0 aliphatic carbocycles. The lowest BCUT2D eigenvalue weighted by Crippen LogP contribution is -2.13. The van der Waals surface area contributed by atoms with E-state index < -0.39 is 16.0 Å². The molecule has 0 saturated carbocycles. The highest BCUT2D eigenvalue weighted by Gasteiger charge is 2.16. The van der Waals surface area contributed by atoms with Gasteiger partial charge in [-0.2, -0.15) is 0 Å². The summed E-state index contributed by atoms with van der Waals surface area (Å²) < 4.78 is 31.8. The van der Waals surface area contributed by atoms with Gasteiger partial charge in [-0.25, -0.2) is 13.2 Å². The zero-order valence-corrected chi connectivity index (χ0v) is 13.0. The fourth-order valence-electron chi connectivity index (χ4n) is 1.71. The molecule has 0 amide bonds. The maximum Gasteiger partial charge on any atom is 0.335 e. The molecule has 2 N–H and O–H groups in total. The van der Waals surface area contributed by atoms with Crippen LogP contribution in [0.2, 0.25) is 5.02 Å². The van der Waals surface area contributed by atoms with Crippen LogP contribution >= 0.6 is 11.6 Å². The number of methoxy groups -OCH3 is 1. The van der Waals surface area contributed by atoms with Crippen LogP contribution in [0.5, 0.6) is 5.75 Å². The van der Waals surface area contributed by atoms with Gasteiger partial charge in [0.2, 0.25) is 0 Å². The summed E-state index contributed by atoms with van der Waals surface area (Å²) >= 11 is 5.91. The second kappa shape index (κ2) is 6.25. The van der Waals surface area contributed by atoms with E-state index >= 15 is 0 Å². The van der Waals surface area contributed by atoms with Crippen LogP contribution in [-0.2, 0) is 10.0 Å². The van der Waals surface area contributed by atoms with E-state index in [0.717, 1.165) is 0 Å². The Kier molecular flexibility index (Phi) is 4.58. The minimum absolute atomic E-state index is 0.0272. The Balaban J connectivity index is 2.27. The van der Waals surface area contributed by atoms with Gasteiger partial charge >= 0.3 is 5.97 Å². The molecule has 0 heterocycles. The third-order valence-electron chi connectivity index (χ3n) is 2.82. The van der Waals surface area contributed by atoms with Crippen molar-refractivity contribution >= 4 is 33.3 Å². The predicted molar refractivity (Wildman–Crippen MR) is 82.2 cm³/mol. The van der Waals surface area contributed by atoms with Gasteiger partial charge in [0, 0.05) is 5.69 Å². The van der Waals surface area contributed by atoms with Crippen LogP contribution in [0.25, 0.3) is 0 Å². The summed E-state index contributed by atoms with van der Waals surface area (Å²) in [6.07, 6.45) is 0. The molecule has 2 rings (SSSR count). The SMILES string of the molecule is COc1ccc(S(=O)(=O)Nc2ccc(C(=O)O)cc2)cc1Cl. The number of rotatable bonds is 5. The molecular formula is C14H12ClNO5S. The van der Waals surface area contributed by atoms with E-state index in [1.54, 1.807) is 0 Å². The number of sulfonamides is 1. The maximum atomic E-state index is 12.2. The molecular weight excluding hydrogens is 330 g/mol. The maximum absolute atomic E-state index is 12.2. The minimum atomic E-state index is -3.83. The number of nitrogens with one attached hydrogen (secondary N) is 1. The normalized spacial score (nSPS) is 11.0. The molecule has 0 unspecified atom stereocenters. The molecule has 116 valence electrons. The van der Waals surface area contributed by atoms with E-state index in [0.29, 0.717) is 5.75 Å². The van der Waals surface area contributed by atoms with Crippen molar-refractivity contribution in [2.45, 2.75) is 4.90 Å². The van der Waals surface area contributed by atoms with Gasteiger partial charge in [0.15, 0.2) is 0 Å². The Bertz CT molecular complexity index is 802. The van der Waals surface area contributed by atoms with Crippen LogP contribution in [0.4, 0.5) is 5.69 Å². The first-order valence-electron chi connectivity index (χ1n) is 6.03. The minimum Gasteiger partial charge on any atom is -0.495 e. The molecule has 0 bridgehead atoms. The second-order valence-corrected chi connectivity index (χ2v) is 6.37. The van der Waals surface area contributed by atoms with Crippen LogP contribution in [0.1, 0.15) is 10.4 Å². The number of carbonyl (C=O) groups is 1. The second-order valence-electron chi connectivity index (χ2n) is 4.28. The summed E-state index contributed by atoms with van der Waals surface area (Å²) in [5.41, 5.74) is 0.312. The van der Waals surface area contributed by atoms with E-state index in [2.05, 4.69) is 4.72 Å². The van der Waals surface area contributed by atoms with Crippen molar-refractivity contribution in [3.63, 3.8) is 0 Å². The van der Waals surface area contributed by atoms with Gasteiger partial charge in [-0.05, 0) is 42.5 Å². The topological polar surface area (TPSA) is 92.7 Å². The van der Waals surface area contributed by atoms with Gasteiger partial charge in [0.1, 0.15) is 5.75 Å². The van der Waals surface area contributed by atoms with Crippen molar-refractivity contribution in [2.75, 3.05) is 11.8 Å². The molecule has 8 heteroatoms. The number of carboxylic acid groups (broad SMARTS) is 1. The number of carboxylic acids is 1. The Morgan fingerprint density at radius 2 is 1.82 bits per heavy atom. The van der Waals surface area contributed by atoms with Crippen molar-refractivity contribution in [2.24, 2.45) is 0 Å². The fraction of sp³-hybridized carbons (Fsp3) is 0.0714. The lowest BCUT2D eigenvalue weighted by Gasteiger charge is -2.10. The summed E-state index contributed by atoms with van der Waals surface area (Å²) in [7, 11) is -2.40. The zero-order chi connectivity index (χ0) is 16.3. The van der Waals surface area contributed by atoms with Gasteiger partial charge in [0.05, 0.1) is 22.6 Å². The third kappa shape index (κ3) is 3.49. The molecule has 2 aromatic rings. The van der Waals surface area contributed by atoms with Gasteiger partial charge < -0.3 is 9.84 Å². The monoisotopic (exact) mass is 341 g/mol. The summed E-state index contributed by atoms with van der Waals surface area (Å²) in [4.78, 5) is 10.7. The van der Waals surface area contributed by atoms with Gasteiger partial charge in [-0.1, -0.05) is 11.6 Å². The van der Waals surface area contributed by atoms with E-state index in [1.165, 1.54) is 49.6 Å².